The number of carbonyl (C=O) groups is 2. The van der Waals surface area contributed by atoms with Crippen LogP contribution in [0.1, 0.15) is 27.6 Å². The fourth-order valence-corrected chi connectivity index (χ4v) is 4.43. The predicted octanol–water partition coefficient (Wildman–Crippen LogP) is 3.93. The summed E-state index contributed by atoms with van der Waals surface area (Å²) >= 11 is 1.30. The van der Waals surface area contributed by atoms with Crippen molar-refractivity contribution in [2.45, 2.75) is 29.7 Å². The summed E-state index contributed by atoms with van der Waals surface area (Å²) in [6, 6.07) is 12.8. The number of esters is 2. The SMILES string of the molecule is COc1ccc(C(=O)OC[C@H]2SC(C)[C@@H](F)[C@@H]2OC(=O)c2ccc(OC)cc2)cc1. The minimum atomic E-state index is -1.36. The molecule has 1 unspecified atom stereocenters. The summed E-state index contributed by atoms with van der Waals surface area (Å²) in [6.07, 6.45) is -2.37. The van der Waals surface area contributed by atoms with Crippen molar-refractivity contribution in [3.8, 4) is 11.5 Å². The molecule has 0 aromatic heterocycles. The molecule has 1 heterocycles. The van der Waals surface area contributed by atoms with Gasteiger partial charge in [0, 0.05) is 5.25 Å². The van der Waals surface area contributed by atoms with Crippen LogP contribution < -0.4 is 9.47 Å². The molecule has 0 bridgehead atoms. The first kappa shape index (κ1) is 22.0. The third kappa shape index (κ3) is 5.05. The number of benzene rings is 2. The summed E-state index contributed by atoms with van der Waals surface area (Å²) in [5.74, 6) is 0.0562. The second kappa shape index (κ2) is 9.84. The maximum Gasteiger partial charge on any atom is 0.338 e. The highest BCUT2D eigenvalue weighted by Gasteiger charge is 2.45. The molecule has 0 spiro atoms. The molecule has 3 rings (SSSR count). The van der Waals surface area contributed by atoms with E-state index in [-0.39, 0.29) is 11.9 Å². The fourth-order valence-electron chi connectivity index (χ4n) is 3.06. The standard InChI is InChI=1S/C22H23FO6S/c1-13-19(23)20(29-22(25)15-6-10-17(27-3)11-7-15)18(30-13)12-28-21(24)14-4-8-16(26-2)9-5-14/h4-11,13,18-20H,12H2,1-3H3/t13?,18-,19-,20-/m1/s1. The van der Waals surface area contributed by atoms with E-state index in [9.17, 15) is 14.0 Å². The van der Waals surface area contributed by atoms with E-state index < -0.39 is 29.5 Å². The van der Waals surface area contributed by atoms with Crippen LogP contribution in [0.2, 0.25) is 0 Å². The number of halogens is 1. The minimum absolute atomic E-state index is 0.0686. The lowest BCUT2D eigenvalue weighted by Gasteiger charge is -2.21. The molecule has 2 aromatic rings. The van der Waals surface area contributed by atoms with Gasteiger partial charge in [0.15, 0.2) is 0 Å². The van der Waals surface area contributed by atoms with E-state index >= 15 is 0 Å². The number of alkyl halides is 1. The van der Waals surface area contributed by atoms with E-state index in [2.05, 4.69) is 0 Å². The van der Waals surface area contributed by atoms with Crippen LogP contribution in [0.5, 0.6) is 11.5 Å². The van der Waals surface area contributed by atoms with Crippen molar-refractivity contribution >= 4 is 23.7 Å². The highest BCUT2D eigenvalue weighted by Crippen LogP contribution is 2.38. The molecule has 8 heteroatoms. The van der Waals surface area contributed by atoms with Crippen molar-refractivity contribution in [2.75, 3.05) is 20.8 Å². The molecule has 0 N–H and O–H groups in total. The van der Waals surface area contributed by atoms with E-state index in [1.165, 1.54) is 26.0 Å². The number of ether oxygens (including phenoxy) is 4. The molecule has 1 saturated heterocycles. The number of methoxy groups -OCH3 is 2. The molecule has 0 aliphatic carbocycles. The van der Waals surface area contributed by atoms with Gasteiger partial charge in [-0.1, -0.05) is 6.92 Å². The monoisotopic (exact) mass is 434 g/mol. The maximum atomic E-state index is 14.7. The fraction of sp³-hybridized carbons (Fsp3) is 0.364. The average molecular weight is 434 g/mol. The molecular weight excluding hydrogens is 411 g/mol. The van der Waals surface area contributed by atoms with Crippen LogP contribution in [0.25, 0.3) is 0 Å². The van der Waals surface area contributed by atoms with Gasteiger partial charge in [0.25, 0.3) is 0 Å². The first-order chi connectivity index (χ1) is 14.4. The molecule has 1 fully saturated rings. The van der Waals surface area contributed by atoms with Crippen LogP contribution in [0.4, 0.5) is 4.39 Å². The normalized spacial score (nSPS) is 22.9. The molecule has 1 aliphatic heterocycles. The van der Waals surface area contributed by atoms with Crippen molar-refractivity contribution in [2.24, 2.45) is 0 Å². The highest BCUT2D eigenvalue weighted by molar-refractivity contribution is 8.00. The number of thioether (sulfide) groups is 1. The van der Waals surface area contributed by atoms with Gasteiger partial charge in [-0.05, 0) is 48.5 Å². The summed E-state index contributed by atoms with van der Waals surface area (Å²) in [6.45, 7) is 1.65. The van der Waals surface area contributed by atoms with Gasteiger partial charge >= 0.3 is 11.9 Å². The molecule has 2 aromatic carbocycles. The summed E-state index contributed by atoms with van der Waals surface area (Å²) in [5, 5.41) is -0.886. The van der Waals surface area contributed by atoms with Crippen molar-refractivity contribution in [3.05, 3.63) is 59.7 Å². The zero-order valence-corrected chi connectivity index (χ0v) is 17.7. The predicted molar refractivity (Wildman–Crippen MR) is 111 cm³/mol. The number of hydrogen-bond donors (Lipinski definition) is 0. The Morgan fingerprint density at radius 1 is 0.900 bits per heavy atom. The van der Waals surface area contributed by atoms with Gasteiger partial charge in [-0.25, -0.2) is 14.0 Å². The molecule has 160 valence electrons. The van der Waals surface area contributed by atoms with Gasteiger partial charge in [0.05, 0.1) is 30.6 Å². The van der Waals surface area contributed by atoms with Crippen molar-refractivity contribution in [1.82, 2.24) is 0 Å². The largest absolute Gasteiger partial charge is 0.497 e. The Morgan fingerprint density at radius 3 is 1.90 bits per heavy atom. The van der Waals surface area contributed by atoms with Gasteiger partial charge in [-0.3, -0.25) is 0 Å². The topological polar surface area (TPSA) is 71.1 Å². The number of rotatable bonds is 7. The zero-order chi connectivity index (χ0) is 21.7. The van der Waals surface area contributed by atoms with E-state index in [0.29, 0.717) is 22.6 Å². The third-order valence-electron chi connectivity index (χ3n) is 4.79. The van der Waals surface area contributed by atoms with Crippen molar-refractivity contribution in [1.29, 1.82) is 0 Å². The smallest absolute Gasteiger partial charge is 0.338 e. The first-order valence-electron chi connectivity index (χ1n) is 9.38. The van der Waals surface area contributed by atoms with Gasteiger partial charge in [-0.2, -0.15) is 0 Å². The Bertz CT molecular complexity index is 870. The lowest BCUT2D eigenvalue weighted by molar-refractivity contribution is 0.00208. The zero-order valence-electron chi connectivity index (χ0n) is 16.9. The third-order valence-corrected chi connectivity index (χ3v) is 6.23. The van der Waals surface area contributed by atoms with E-state index in [0.717, 1.165) is 0 Å². The minimum Gasteiger partial charge on any atom is -0.497 e. The van der Waals surface area contributed by atoms with Crippen LogP contribution in [-0.2, 0) is 9.47 Å². The summed E-state index contributed by atoms with van der Waals surface area (Å²) in [4.78, 5) is 24.7. The van der Waals surface area contributed by atoms with Gasteiger partial charge in [-0.15, -0.1) is 11.8 Å². The second-order valence-electron chi connectivity index (χ2n) is 6.75. The van der Waals surface area contributed by atoms with Crippen molar-refractivity contribution in [3.63, 3.8) is 0 Å². The Hall–Kier alpha value is -2.74. The molecule has 0 radical (unpaired) electrons. The van der Waals surface area contributed by atoms with Crippen LogP contribution in [0, 0.1) is 0 Å². The quantitative estimate of drug-likeness (QED) is 0.612. The van der Waals surface area contributed by atoms with Gasteiger partial charge < -0.3 is 18.9 Å². The Balaban J connectivity index is 1.62. The molecule has 30 heavy (non-hydrogen) atoms. The van der Waals surface area contributed by atoms with E-state index in [1.807, 2.05) is 0 Å². The first-order valence-corrected chi connectivity index (χ1v) is 10.3. The van der Waals surface area contributed by atoms with Gasteiger partial charge in [0.1, 0.15) is 30.4 Å². The Kier molecular flexibility index (Phi) is 7.20. The van der Waals surface area contributed by atoms with E-state index in [4.69, 9.17) is 18.9 Å². The number of hydrogen-bond acceptors (Lipinski definition) is 7. The highest BCUT2D eigenvalue weighted by atomic mass is 32.2. The number of carbonyl (C=O) groups excluding carboxylic acids is 2. The maximum absolute atomic E-state index is 14.7. The van der Waals surface area contributed by atoms with Crippen LogP contribution in [-0.4, -0.2) is 55.5 Å². The molecule has 6 nitrogen and oxygen atoms in total. The van der Waals surface area contributed by atoms with Crippen LogP contribution in [0.3, 0.4) is 0 Å². The lowest BCUT2D eigenvalue weighted by Crippen LogP contribution is -2.36. The Morgan fingerprint density at radius 2 is 1.40 bits per heavy atom. The molecule has 1 aliphatic rings. The summed E-state index contributed by atoms with van der Waals surface area (Å²) in [5.41, 5.74) is 0.650. The summed E-state index contributed by atoms with van der Waals surface area (Å²) in [7, 11) is 3.06. The molecule has 0 amide bonds. The Labute approximate surface area is 178 Å². The summed E-state index contributed by atoms with van der Waals surface area (Å²) < 4.78 is 35.6. The van der Waals surface area contributed by atoms with Crippen LogP contribution in [0.15, 0.2) is 48.5 Å². The molecule has 4 atom stereocenters. The van der Waals surface area contributed by atoms with Crippen molar-refractivity contribution < 1.29 is 32.9 Å². The van der Waals surface area contributed by atoms with E-state index in [1.54, 1.807) is 55.5 Å². The lowest BCUT2D eigenvalue weighted by atomic mass is 10.1. The van der Waals surface area contributed by atoms with Crippen LogP contribution >= 0.6 is 11.8 Å². The average Bonchev–Trinajstić information content (AvgIpc) is 3.05. The molecular formula is C22H23FO6S. The molecule has 0 saturated carbocycles. The van der Waals surface area contributed by atoms with Gasteiger partial charge in [0.2, 0.25) is 0 Å². The second-order valence-corrected chi connectivity index (χ2v) is 8.37.